The van der Waals surface area contributed by atoms with Gasteiger partial charge < -0.3 is 14.7 Å². The van der Waals surface area contributed by atoms with Gasteiger partial charge in [-0.2, -0.15) is 18.3 Å². The van der Waals surface area contributed by atoms with E-state index in [4.69, 9.17) is 14.3 Å². The molecule has 2 heterocycles. The zero-order valence-corrected chi connectivity index (χ0v) is 25.9. The Bertz CT molecular complexity index is 1690. The topological polar surface area (TPSA) is 167 Å². The lowest BCUT2D eigenvalue weighted by Crippen LogP contribution is -2.37. The van der Waals surface area contributed by atoms with Crippen LogP contribution in [0.2, 0.25) is 0 Å². The van der Waals surface area contributed by atoms with E-state index in [9.17, 15) is 36.4 Å². The molecule has 248 valence electrons. The van der Waals surface area contributed by atoms with Crippen LogP contribution in [0.15, 0.2) is 64.8 Å². The Morgan fingerprint density at radius 2 is 1.74 bits per heavy atom. The van der Waals surface area contributed by atoms with Crippen LogP contribution in [0.25, 0.3) is 16.9 Å². The smallest absolute Gasteiger partial charge is 0.511 e. The third-order valence-corrected chi connectivity index (χ3v) is 7.98. The average Bonchev–Trinajstić information content (AvgIpc) is 3.65. The van der Waals surface area contributed by atoms with Gasteiger partial charge in [-0.25, -0.2) is 22.6 Å². The van der Waals surface area contributed by atoms with Gasteiger partial charge in [-0.15, -0.1) is 5.01 Å². The lowest BCUT2D eigenvalue weighted by Gasteiger charge is -2.14. The zero-order chi connectivity index (χ0) is 33.8. The maximum atomic E-state index is 13.5. The monoisotopic (exact) mass is 668 g/mol. The number of hydrogen-bond donors (Lipinski definition) is 1. The number of carbonyl (C=O) groups excluding carboxylic acids is 2. The van der Waals surface area contributed by atoms with Crippen molar-refractivity contribution in [1.29, 1.82) is 0 Å². The van der Waals surface area contributed by atoms with Gasteiger partial charge in [0.05, 0.1) is 46.4 Å². The number of rotatable bonds is 10. The average molecular weight is 669 g/mol. The molecule has 0 aliphatic carbocycles. The fourth-order valence-electron chi connectivity index (χ4n) is 4.33. The number of aryl methyl sites for hydroxylation is 1. The number of nitrogens with zero attached hydrogens (tertiary/aromatic N) is 5. The van der Waals surface area contributed by atoms with Gasteiger partial charge >= 0.3 is 12.3 Å². The number of alkyl halides is 3. The number of nitrogens with one attached hydrogen (secondary N) is 1. The van der Waals surface area contributed by atoms with Crippen LogP contribution < -0.4 is 4.72 Å². The molecule has 2 atom stereocenters. The maximum Gasteiger partial charge on any atom is 0.511 e. The van der Waals surface area contributed by atoms with Crippen LogP contribution in [-0.2, 0) is 35.3 Å². The number of hydrazine groups is 1. The predicted molar refractivity (Wildman–Crippen MR) is 153 cm³/mol. The molecular formula is C28H31F3N6O8S. The molecule has 1 aromatic heterocycles. The summed E-state index contributed by atoms with van der Waals surface area (Å²) in [5.41, 5.74) is 0.545. The Morgan fingerprint density at radius 1 is 1.09 bits per heavy atom. The SMILES string of the molecule is Cc1ccc(-c2cc(C(F)(F)F)nn2-c2ccc(S(=O)(=O)NC(=O)C3CCN([N+]([O-])=NOC(C)OC(=O)OC(C)C)C3)cc2)cc1. The van der Waals surface area contributed by atoms with Gasteiger partial charge in [-0.3, -0.25) is 9.63 Å². The number of halogens is 3. The number of sulfonamides is 1. The molecule has 0 radical (unpaired) electrons. The highest BCUT2D eigenvalue weighted by atomic mass is 32.2. The fourth-order valence-corrected chi connectivity index (χ4v) is 5.38. The summed E-state index contributed by atoms with van der Waals surface area (Å²) in [4.78, 5) is 28.8. The normalized spacial score (nSPS) is 16.3. The van der Waals surface area contributed by atoms with Gasteiger partial charge in [0.25, 0.3) is 16.3 Å². The summed E-state index contributed by atoms with van der Waals surface area (Å²) in [5.74, 6) is -1.78. The number of aromatic nitrogens is 2. The molecule has 1 N–H and O–H groups in total. The standard InChI is InChI=1S/C28H31F3N6O8S/c1-17(2)43-27(39)44-19(4)45-34-37(40)35-14-13-21(16-35)26(38)33-46(41,42)23-11-9-22(10-12-23)36-24(15-25(32-36)28(29,30)31)20-7-5-18(3)6-8-20/h5-12,15,17,19,21H,13-14,16H2,1-4H3,(H,33,38). The van der Waals surface area contributed by atoms with E-state index in [1.165, 1.54) is 19.1 Å². The molecule has 18 heteroatoms. The number of hydrogen-bond acceptors (Lipinski definition) is 10. The summed E-state index contributed by atoms with van der Waals surface area (Å²) < 4.78 is 79.1. The van der Waals surface area contributed by atoms with Crippen molar-refractivity contribution >= 4 is 22.1 Å². The Balaban J connectivity index is 1.41. The van der Waals surface area contributed by atoms with Crippen molar-refractivity contribution in [1.82, 2.24) is 19.5 Å². The molecule has 2 unspecified atom stereocenters. The van der Waals surface area contributed by atoms with Crippen LogP contribution in [0.1, 0.15) is 38.4 Å². The predicted octanol–water partition coefficient (Wildman–Crippen LogP) is 4.71. The molecule has 1 aliphatic heterocycles. The van der Waals surface area contributed by atoms with Crippen molar-refractivity contribution in [3.05, 3.63) is 71.1 Å². The van der Waals surface area contributed by atoms with Gasteiger partial charge in [0.15, 0.2) is 5.69 Å². The first-order valence-electron chi connectivity index (χ1n) is 13.9. The van der Waals surface area contributed by atoms with Crippen LogP contribution in [0, 0.1) is 18.0 Å². The molecule has 1 amide bonds. The summed E-state index contributed by atoms with van der Waals surface area (Å²) >= 11 is 0. The molecule has 14 nitrogen and oxygen atoms in total. The highest BCUT2D eigenvalue weighted by molar-refractivity contribution is 7.90. The largest absolute Gasteiger partial charge is 0.569 e. The van der Waals surface area contributed by atoms with E-state index in [0.717, 1.165) is 33.5 Å². The minimum absolute atomic E-state index is 0.0426. The fraction of sp³-hybridized carbons (Fsp3) is 0.393. The molecule has 0 spiro atoms. The van der Waals surface area contributed by atoms with E-state index in [1.807, 2.05) is 11.6 Å². The Labute approximate surface area is 261 Å². The first kappa shape index (κ1) is 34.0. The van der Waals surface area contributed by atoms with E-state index < -0.39 is 52.3 Å². The van der Waals surface area contributed by atoms with E-state index in [-0.39, 0.29) is 40.8 Å². The third kappa shape index (κ3) is 8.43. The zero-order valence-electron chi connectivity index (χ0n) is 25.1. The van der Waals surface area contributed by atoms with E-state index >= 15 is 0 Å². The lowest BCUT2D eigenvalue weighted by molar-refractivity contribution is -0.709. The number of amides is 1. The summed E-state index contributed by atoms with van der Waals surface area (Å²) in [6.07, 6.45) is -7.31. The second kappa shape index (κ2) is 13.6. The Hall–Kier alpha value is -4.87. The van der Waals surface area contributed by atoms with Crippen LogP contribution in [0.5, 0.6) is 0 Å². The molecule has 1 fully saturated rings. The molecule has 1 saturated heterocycles. The highest BCUT2D eigenvalue weighted by Crippen LogP contribution is 2.33. The molecule has 0 bridgehead atoms. The van der Waals surface area contributed by atoms with Crippen LogP contribution in [-0.4, -0.2) is 65.7 Å². The number of benzene rings is 2. The lowest BCUT2D eigenvalue weighted by atomic mass is 10.1. The van der Waals surface area contributed by atoms with Gasteiger partial charge in [0.1, 0.15) is 0 Å². The number of ether oxygens (including phenoxy) is 2. The van der Waals surface area contributed by atoms with E-state index in [1.54, 1.807) is 38.1 Å². The summed E-state index contributed by atoms with van der Waals surface area (Å²) in [6, 6.07) is 12.5. The van der Waals surface area contributed by atoms with Crippen molar-refractivity contribution in [3.8, 4) is 16.9 Å². The second-order valence-corrected chi connectivity index (χ2v) is 12.3. The van der Waals surface area contributed by atoms with E-state index in [0.29, 0.717) is 5.56 Å². The van der Waals surface area contributed by atoms with E-state index in [2.05, 4.69) is 10.4 Å². The van der Waals surface area contributed by atoms with Gasteiger partial charge in [-0.1, -0.05) is 29.8 Å². The summed E-state index contributed by atoms with van der Waals surface area (Å²) in [7, 11) is -4.39. The van der Waals surface area contributed by atoms with Crippen LogP contribution >= 0.6 is 0 Å². The Morgan fingerprint density at radius 3 is 2.35 bits per heavy atom. The van der Waals surface area contributed by atoms with Crippen molar-refractivity contribution in [2.24, 2.45) is 11.2 Å². The third-order valence-electron chi connectivity index (χ3n) is 6.61. The van der Waals surface area contributed by atoms with Crippen LogP contribution in [0.3, 0.4) is 0 Å². The van der Waals surface area contributed by atoms with Gasteiger partial charge in [0.2, 0.25) is 11.2 Å². The molecule has 4 rings (SSSR count). The highest BCUT2D eigenvalue weighted by Gasteiger charge is 2.36. The molecular weight excluding hydrogens is 637 g/mol. The first-order valence-corrected chi connectivity index (χ1v) is 15.4. The number of carbonyl (C=O) groups is 2. The summed E-state index contributed by atoms with van der Waals surface area (Å²) in [5, 5.41) is 20.3. The quantitative estimate of drug-likeness (QED) is 0.105. The van der Waals surface area contributed by atoms with Crippen molar-refractivity contribution in [3.63, 3.8) is 0 Å². The van der Waals surface area contributed by atoms with Crippen molar-refractivity contribution in [2.45, 2.75) is 57.6 Å². The summed E-state index contributed by atoms with van der Waals surface area (Å²) in [6.45, 7) is 6.21. The van der Waals surface area contributed by atoms with Gasteiger partial charge in [-0.05, 0) is 57.5 Å². The molecule has 46 heavy (non-hydrogen) atoms. The van der Waals surface area contributed by atoms with Crippen molar-refractivity contribution in [2.75, 3.05) is 13.1 Å². The molecule has 0 saturated carbocycles. The maximum absolute atomic E-state index is 13.5. The second-order valence-electron chi connectivity index (χ2n) is 10.6. The van der Waals surface area contributed by atoms with Gasteiger partial charge in [0, 0.05) is 12.5 Å². The molecule has 3 aromatic rings. The minimum atomic E-state index is -4.71. The Kier molecular flexibility index (Phi) is 10.1. The van der Waals surface area contributed by atoms with Crippen molar-refractivity contribution < 1.29 is 50.5 Å². The minimum Gasteiger partial charge on any atom is -0.569 e. The molecule has 2 aromatic carbocycles. The van der Waals surface area contributed by atoms with Crippen LogP contribution in [0.4, 0.5) is 18.0 Å². The molecule has 1 aliphatic rings. The first-order chi connectivity index (χ1) is 21.5.